The number of sulfonamides is 1. The van der Waals surface area contributed by atoms with Gasteiger partial charge in [0.05, 0.1) is 12.1 Å². The smallest absolute Gasteiger partial charge is 0.214 e. The van der Waals surface area contributed by atoms with Crippen molar-refractivity contribution >= 4 is 10.0 Å². The van der Waals surface area contributed by atoms with Crippen molar-refractivity contribution in [1.82, 2.24) is 4.72 Å². The predicted octanol–water partition coefficient (Wildman–Crippen LogP) is 4.41. The zero-order valence-electron chi connectivity index (χ0n) is 15.1. The number of hydrogen-bond acceptors (Lipinski definition) is 4. The number of nitriles is 2. The Bertz CT molecular complexity index is 477. The zero-order valence-corrected chi connectivity index (χ0v) is 15.9. The summed E-state index contributed by atoms with van der Waals surface area (Å²) in [4.78, 5) is 0. The van der Waals surface area contributed by atoms with Crippen molar-refractivity contribution in [1.29, 1.82) is 10.5 Å². The molecule has 0 radical (unpaired) electrons. The number of rotatable bonds is 16. The summed E-state index contributed by atoms with van der Waals surface area (Å²) in [5.74, 6) is 0. The molecule has 0 spiro atoms. The number of nitrogens with zero attached hydrogens (tertiary/aromatic N) is 2. The fourth-order valence-electron chi connectivity index (χ4n) is 2.57. The molecule has 0 bridgehead atoms. The molecule has 24 heavy (non-hydrogen) atoms. The van der Waals surface area contributed by atoms with E-state index in [2.05, 4.69) is 17.7 Å². The Morgan fingerprint density at radius 2 is 1.46 bits per heavy atom. The molecular formula is C18H33N3O2S. The summed E-state index contributed by atoms with van der Waals surface area (Å²) in [6, 6.07) is 4.03. The third-order valence-electron chi connectivity index (χ3n) is 4.11. The van der Waals surface area contributed by atoms with Gasteiger partial charge in [-0.25, -0.2) is 13.1 Å². The van der Waals surface area contributed by atoms with Gasteiger partial charge in [0, 0.05) is 13.0 Å². The first kappa shape index (κ1) is 22.9. The van der Waals surface area contributed by atoms with Crippen molar-refractivity contribution in [3.8, 4) is 12.1 Å². The molecule has 0 saturated heterocycles. The first-order valence-corrected chi connectivity index (χ1v) is 10.9. The second-order valence-electron chi connectivity index (χ2n) is 6.29. The van der Waals surface area contributed by atoms with Crippen LogP contribution in [0.15, 0.2) is 0 Å². The molecule has 0 aromatic carbocycles. The van der Waals surface area contributed by atoms with Crippen LogP contribution in [0.3, 0.4) is 0 Å². The predicted molar refractivity (Wildman–Crippen MR) is 97.6 cm³/mol. The topological polar surface area (TPSA) is 93.8 Å². The number of nitrogens with one attached hydrogen (secondary N) is 1. The zero-order chi connectivity index (χ0) is 18.1. The van der Waals surface area contributed by atoms with Crippen LogP contribution in [0.1, 0.15) is 90.4 Å². The van der Waals surface area contributed by atoms with Gasteiger partial charge in [0.15, 0.2) is 5.25 Å². The van der Waals surface area contributed by atoms with Crippen LogP contribution in [0.5, 0.6) is 0 Å². The van der Waals surface area contributed by atoms with Crippen LogP contribution < -0.4 is 4.72 Å². The molecule has 0 aromatic rings. The molecule has 0 saturated carbocycles. The van der Waals surface area contributed by atoms with Gasteiger partial charge in [-0.1, -0.05) is 64.7 Å². The molecule has 0 heterocycles. The average Bonchev–Trinajstić information content (AvgIpc) is 2.56. The highest BCUT2D eigenvalue weighted by molar-refractivity contribution is 7.90. The van der Waals surface area contributed by atoms with Gasteiger partial charge in [0.2, 0.25) is 10.0 Å². The third-order valence-corrected chi connectivity index (χ3v) is 5.80. The molecule has 0 aliphatic carbocycles. The lowest BCUT2D eigenvalue weighted by Gasteiger charge is -2.12. The summed E-state index contributed by atoms with van der Waals surface area (Å²) in [6.07, 6.45) is 12.3. The molecule has 0 aliphatic rings. The van der Waals surface area contributed by atoms with E-state index < -0.39 is 15.3 Å². The van der Waals surface area contributed by atoms with Crippen LogP contribution >= 0.6 is 0 Å². The summed E-state index contributed by atoms with van der Waals surface area (Å²) < 4.78 is 26.8. The van der Waals surface area contributed by atoms with E-state index in [0.29, 0.717) is 19.4 Å². The van der Waals surface area contributed by atoms with Gasteiger partial charge in [0.25, 0.3) is 0 Å². The number of hydrogen-bond donors (Lipinski definition) is 1. The van der Waals surface area contributed by atoms with E-state index in [-0.39, 0.29) is 0 Å². The fraction of sp³-hybridized carbons (Fsp3) is 0.889. The highest BCUT2D eigenvalue weighted by Gasteiger charge is 2.23. The van der Waals surface area contributed by atoms with Crippen molar-refractivity contribution < 1.29 is 8.42 Å². The fourth-order valence-corrected chi connectivity index (χ4v) is 3.82. The van der Waals surface area contributed by atoms with Crippen molar-refractivity contribution in [3.05, 3.63) is 0 Å². The molecule has 1 N–H and O–H groups in total. The maximum Gasteiger partial charge on any atom is 0.227 e. The largest absolute Gasteiger partial charge is 0.227 e. The van der Waals surface area contributed by atoms with Crippen LogP contribution in [-0.2, 0) is 10.0 Å². The molecule has 0 amide bonds. The summed E-state index contributed by atoms with van der Waals surface area (Å²) in [7, 11) is -3.53. The van der Waals surface area contributed by atoms with E-state index in [1.54, 1.807) is 0 Å². The van der Waals surface area contributed by atoms with Crippen LogP contribution in [0.4, 0.5) is 0 Å². The minimum Gasteiger partial charge on any atom is -0.214 e. The van der Waals surface area contributed by atoms with E-state index in [4.69, 9.17) is 10.5 Å². The van der Waals surface area contributed by atoms with Gasteiger partial charge in [0.1, 0.15) is 0 Å². The average molecular weight is 356 g/mol. The van der Waals surface area contributed by atoms with E-state index in [0.717, 1.165) is 44.9 Å². The van der Waals surface area contributed by atoms with E-state index in [9.17, 15) is 8.42 Å². The Hall–Kier alpha value is -1.11. The monoisotopic (exact) mass is 355 g/mol. The van der Waals surface area contributed by atoms with E-state index >= 15 is 0 Å². The quantitative estimate of drug-likeness (QED) is 0.415. The highest BCUT2D eigenvalue weighted by Crippen LogP contribution is 2.13. The molecule has 1 atom stereocenters. The second kappa shape index (κ2) is 15.4. The van der Waals surface area contributed by atoms with E-state index in [1.807, 2.05) is 6.07 Å². The molecule has 0 aliphatic heterocycles. The Labute approximate surface area is 148 Å². The normalized spacial score (nSPS) is 12.5. The van der Waals surface area contributed by atoms with Crippen LogP contribution in [0.25, 0.3) is 0 Å². The first-order chi connectivity index (χ1) is 11.6. The summed E-state index contributed by atoms with van der Waals surface area (Å²) >= 11 is 0. The number of unbranched alkanes of at least 4 members (excludes halogenated alkanes) is 10. The summed E-state index contributed by atoms with van der Waals surface area (Å²) in [5, 5.41) is 16.6. The van der Waals surface area contributed by atoms with Gasteiger partial charge in [-0.15, -0.1) is 0 Å². The van der Waals surface area contributed by atoms with E-state index in [1.165, 1.54) is 25.7 Å². The van der Waals surface area contributed by atoms with Crippen LogP contribution in [0, 0.1) is 22.7 Å². The molecule has 1 unspecified atom stereocenters. The summed E-state index contributed by atoms with van der Waals surface area (Å²) in [5.41, 5.74) is 0. The van der Waals surface area contributed by atoms with Gasteiger partial charge in [-0.3, -0.25) is 0 Å². The molecule has 0 aromatic heterocycles. The maximum atomic E-state index is 12.1. The Kier molecular flexibility index (Phi) is 14.7. The lowest BCUT2D eigenvalue weighted by Crippen LogP contribution is -2.34. The molecule has 6 heteroatoms. The lowest BCUT2D eigenvalue weighted by atomic mass is 10.1. The Balaban J connectivity index is 3.86. The van der Waals surface area contributed by atoms with Gasteiger partial charge < -0.3 is 0 Å². The molecule has 138 valence electrons. The molecular weight excluding hydrogens is 322 g/mol. The van der Waals surface area contributed by atoms with Crippen molar-refractivity contribution in [2.45, 2.75) is 95.6 Å². The lowest BCUT2D eigenvalue weighted by molar-refractivity contribution is 0.547. The maximum absolute atomic E-state index is 12.1. The Morgan fingerprint density at radius 3 is 2.08 bits per heavy atom. The minimum absolute atomic E-state index is 0.379. The van der Waals surface area contributed by atoms with Gasteiger partial charge in [-0.2, -0.15) is 10.5 Å². The summed E-state index contributed by atoms with van der Waals surface area (Å²) in [6.45, 7) is 2.56. The van der Waals surface area contributed by atoms with Crippen molar-refractivity contribution in [3.63, 3.8) is 0 Å². The minimum atomic E-state index is -3.53. The van der Waals surface area contributed by atoms with Crippen LogP contribution in [0.2, 0.25) is 0 Å². The van der Waals surface area contributed by atoms with Crippen LogP contribution in [-0.4, -0.2) is 20.2 Å². The standard InChI is InChI=1S/C18H33N3O2S/c1-2-3-4-5-6-8-11-14-18(17-20)24(22,23)21-16-13-10-7-9-12-15-19/h18,21H,2-14,16H2,1H3. The van der Waals surface area contributed by atoms with Crippen molar-refractivity contribution in [2.75, 3.05) is 6.54 Å². The SMILES string of the molecule is CCCCCCCCCC(C#N)S(=O)(=O)NCCCCCCC#N. The Morgan fingerprint density at radius 1 is 0.875 bits per heavy atom. The molecule has 5 nitrogen and oxygen atoms in total. The van der Waals surface area contributed by atoms with Gasteiger partial charge >= 0.3 is 0 Å². The molecule has 0 rings (SSSR count). The van der Waals surface area contributed by atoms with Gasteiger partial charge in [-0.05, 0) is 19.3 Å². The third kappa shape index (κ3) is 12.3. The first-order valence-electron chi connectivity index (χ1n) is 9.33. The van der Waals surface area contributed by atoms with Crippen molar-refractivity contribution in [2.24, 2.45) is 0 Å². The second-order valence-corrected chi connectivity index (χ2v) is 8.24. The highest BCUT2D eigenvalue weighted by atomic mass is 32.2. The molecule has 0 fully saturated rings.